The first-order chi connectivity index (χ1) is 15.7. The molecule has 1 aliphatic rings. The minimum atomic E-state index is 0.491. The number of fused-ring (bicyclic) bond motifs is 1. The monoisotopic (exact) mass is 431 g/mol. The molecule has 0 unspecified atom stereocenters. The van der Waals surface area contributed by atoms with Crippen LogP contribution in [0.1, 0.15) is 11.1 Å². The third-order valence-electron chi connectivity index (χ3n) is 5.55. The van der Waals surface area contributed by atoms with Crippen molar-refractivity contribution in [1.29, 1.82) is 0 Å². The van der Waals surface area contributed by atoms with Crippen molar-refractivity contribution >= 4 is 0 Å². The van der Waals surface area contributed by atoms with Crippen molar-refractivity contribution in [3.8, 4) is 34.1 Å². The van der Waals surface area contributed by atoms with Gasteiger partial charge in [0.25, 0.3) is 0 Å². The van der Waals surface area contributed by atoms with Crippen LogP contribution in [0.25, 0.3) is 11.1 Å². The Balaban J connectivity index is 1.62. The van der Waals surface area contributed by atoms with Gasteiger partial charge in [0.2, 0.25) is 0 Å². The second kappa shape index (κ2) is 10.2. The minimum absolute atomic E-state index is 0.491. The maximum Gasteiger partial charge on any atom is 0.165 e. The van der Waals surface area contributed by atoms with E-state index >= 15 is 0 Å². The fraction of sp³-hybridized carbons (Fsp3) is 0.259. The average Bonchev–Trinajstić information content (AvgIpc) is 3.04. The molecule has 0 atom stereocenters. The Hall–Kier alpha value is -3.44. The number of rotatable bonds is 8. The quantitative estimate of drug-likeness (QED) is 0.451. The molecule has 0 saturated heterocycles. The molecule has 3 aromatic carbocycles. The summed E-state index contributed by atoms with van der Waals surface area (Å²) in [6.07, 6.45) is 1.76. The number of methoxy groups -OCH3 is 2. The number of hydrogen-bond donors (Lipinski definition) is 0. The smallest absolute Gasteiger partial charge is 0.165 e. The molecule has 3 aromatic rings. The fourth-order valence-corrected chi connectivity index (χ4v) is 3.94. The van der Waals surface area contributed by atoms with Crippen LogP contribution >= 0.6 is 0 Å². The molecule has 5 heteroatoms. The molecule has 32 heavy (non-hydrogen) atoms. The third kappa shape index (κ3) is 4.89. The van der Waals surface area contributed by atoms with Gasteiger partial charge in [0.05, 0.1) is 14.2 Å². The zero-order valence-corrected chi connectivity index (χ0v) is 18.7. The van der Waals surface area contributed by atoms with Crippen LogP contribution in [0, 0.1) is 0 Å². The van der Waals surface area contributed by atoms with Crippen molar-refractivity contribution in [3.05, 3.63) is 84.4 Å². The topological polar surface area (TPSA) is 40.2 Å². The molecule has 0 aromatic heterocycles. The summed E-state index contributed by atoms with van der Waals surface area (Å²) in [4.78, 5) is 2.37. The van der Waals surface area contributed by atoms with E-state index in [0.717, 1.165) is 64.9 Å². The van der Waals surface area contributed by atoms with E-state index in [2.05, 4.69) is 35.7 Å². The molecule has 0 fully saturated rings. The van der Waals surface area contributed by atoms with Crippen LogP contribution in [0.4, 0.5) is 0 Å². The van der Waals surface area contributed by atoms with Crippen molar-refractivity contribution in [2.75, 3.05) is 34.0 Å². The lowest BCUT2D eigenvalue weighted by atomic mass is 10.0. The number of para-hydroxylation sites is 1. The van der Waals surface area contributed by atoms with E-state index in [1.807, 2.05) is 36.4 Å². The van der Waals surface area contributed by atoms with Gasteiger partial charge in [-0.05, 0) is 41.5 Å². The Labute approximate surface area is 189 Å². The van der Waals surface area contributed by atoms with E-state index < -0.39 is 0 Å². The predicted molar refractivity (Wildman–Crippen MR) is 127 cm³/mol. The van der Waals surface area contributed by atoms with Crippen molar-refractivity contribution in [2.24, 2.45) is 0 Å². The third-order valence-corrected chi connectivity index (χ3v) is 5.55. The molecule has 0 saturated carbocycles. The number of benzene rings is 3. The van der Waals surface area contributed by atoms with Crippen LogP contribution in [0.2, 0.25) is 0 Å². The molecule has 0 N–H and O–H groups in total. The van der Waals surface area contributed by atoms with Crippen molar-refractivity contribution < 1.29 is 18.9 Å². The summed E-state index contributed by atoms with van der Waals surface area (Å²) in [5.74, 6) is 3.30. The molecule has 1 aliphatic heterocycles. The van der Waals surface area contributed by atoms with Gasteiger partial charge in [0.15, 0.2) is 11.5 Å². The normalized spacial score (nSPS) is 13.4. The molecule has 0 bridgehead atoms. The molecule has 0 spiro atoms. The molecule has 0 radical (unpaired) electrons. The van der Waals surface area contributed by atoms with Crippen molar-refractivity contribution in [3.63, 3.8) is 0 Å². The summed E-state index contributed by atoms with van der Waals surface area (Å²) in [5.41, 5.74) is 4.45. The number of hydrogen-bond acceptors (Lipinski definition) is 5. The SMILES string of the molecule is C=CCOc1ccccc1CN1CCOc2c(cc(-c3ccc(OC)cc3)cc2OC)C1. The van der Waals surface area contributed by atoms with E-state index in [-0.39, 0.29) is 0 Å². The first kappa shape index (κ1) is 21.8. The largest absolute Gasteiger partial charge is 0.497 e. The molecule has 5 nitrogen and oxygen atoms in total. The lowest BCUT2D eigenvalue weighted by Crippen LogP contribution is -2.25. The van der Waals surface area contributed by atoms with Crippen LogP contribution in [-0.4, -0.2) is 38.9 Å². The molecular weight excluding hydrogens is 402 g/mol. The fourth-order valence-electron chi connectivity index (χ4n) is 3.94. The summed E-state index contributed by atoms with van der Waals surface area (Å²) < 4.78 is 23.0. The van der Waals surface area contributed by atoms with E-state index in [1.54, 1.807) is 20.3 Å². The highest BCUT2D eigenvalue weighted by molar-refractivity contribution is 5.70. The first-order valence-electron chi connectivity index (χ1n) is 10.7. The summed E-state index contributed by atoms with van der Waals surface area (Å²) in [6, 6.07) is 20.4. The number of nitrogens with zero attached hydrogens (tertiary/aromatic N) is 1. The summed E-state index contributed by atoms with van der Waals surface area (Å²) in [7, 11) is 3.36. The Morgan fingerprint density at radius 3 is 2.53 bits per heavy atom. The van der Waals surface area contributed by atoms with E-state index in [1.165, 1.54) is 0 Å². The van der Waals surface area contributed by atoms with E-state index in [0.29, 0.717) is 13.2 Å². The summed E-state index contributed by atoms with van der Waals surface area (Å²) >= 11 is 0. The zero-order valence-electron chi connectivity index (χ0n) is 18.7. The summed E-state index contributed by atoms with van der Waals surface area (Å²) in [6.45, 7) is 7.17. The summed E-state index contributed by atoms with van der Waals surface area (Å²) in [5, 5.41) is 0. The maximum atomic E-state index is 6.13. The van der Waals surface area contributed by atoms with Crippen molar-refractivity contribution in [2.45, 2.75) is 13.1 Å². The second-order valence-corrected chi connectivity index (χ2v) is 7.66. The first-order valence-corrected chi connectivity index (χ1v) is 10.7. The second-order valence-electron chi connectivity index (χ2n) is 7.66. The zero-order chi connectivity index (χ0) is 22.3. The van der Waals surface area contributed by atoms with Crippen LogP contribution in [0.3, 0.4) is 0 Å². The Morgan fingerprint density at radius 2 is 1.78 bits per heavy atom. The van der Waals surface area contributed by atoms with Gasteiger partial charge >= 0.3 is 0 Å². The highest BCUT2D eigenvalue weighted by Crippen LogP contribution is 2.39. The molecule has 0 aliphatic carbocycles. The molecule has 1 heterocycles. The maximum absolute atomic E-state index is 6.13. The molecule has 0 amide bonds. The highest BCUT2D eigenvalue weighted by Gasteiger charge is 2.21. The molecular formula is C27H29NO4. The van der Waals surface area contributed by atoms with Crippen LogP contribution in [-0.2, 0) is 13.1 Å². The highest BCUT2D eigenvalue weighted by atomic mass is 16.5. The predicted octanol–water partition coefficient (Wildman–Crippen LogP) is 5.33. The molecule has 4 rings (SSSR count). The molecule has 166 valence electrons. The van der Waals surface area contributed by atoms with Gasteiger partial charge in [0.1, 0.15) is 24.7 Å². The van der Waals surface area contributed by atoms with E-state index in [9.17, 15) is 0 Å². The Bertz CT molecular complexity index is 1060. The van der Waals surface area contributed by atoms with E-state index in [4.69, 9.17) is 18.9 Å². The lowest BCUT2D eigenvalue weighted by molar-refractivity contribution is 0.214. The Morgan fingerprint density at radius 1 is 0.969 bits per heavy atom. The van der Waals surface area contributed by atoms with Crippen molar-refractivity contribution in [1.82, 2.24) is 4.90 Å². The lowest BCUT2D eigenvalue weighted by Gasteiger charge is -2.21. The van der Waals surface area contributed by atoms with Gasteiger partial charge in [-0.3, -0.25) is 4.90 Å². The van der Waals surface area contributed by atoms with Gasteiger partial charge in [-0.1, -0.05) is 43.0 Å². The average molecular weight is 432 g/mol. The standard InChI is InChI=1S/C27H29NO4/c1-4-14-31-25-8-6-5-7-21(25)18-28-13-15-32-27-23(19-28)16-22(17-26(27)30-3)20-9-11-24(29-2)12-10-20/h4-12,16-17H,1,13-15,18-19H2,2-3H3. The number of ether oxygens (including phenoxy) is 4. The van der Waals surface area contributed by atoms with Crippen LogP contribution in [0.15, 0.2) is 73.3 Å². The van der Waals surface area contributed by atoms with Crippen LogP contribution < -0.4 is 18.9 Å². The van der Waals surface area contributed by atoms with Gasteiger partial charge < -0.3 is 18.9 Å². The van der Waals surface area contributed by atoms with Gasteiger partial charge in [0, 0.05) is 30.8 Å². The Kier molecular flexibility index (Phi) is 6.97. The van der Waals surface area contributed by atoms with Crippen LogP contribution in [0.5, 0.6) is 23.0 Å². The van der Waals surface area contributed by atoms with Gasteiger partial charge in [-0.25, -0.2) is 0 Å². The van der Waals surface area contributed by atoms with Gasteiger partial charge in [-0.2, -0.15) is 0 Å². The van der Waals surface area contributed by atoms with Gasteiger partial charge in [-0.15, -0.1) is 0 Å². The minimum Gasteiger partial charge on any atom is -0.497 e.